The Hall–Kier alpha value is -1.91. The average molecular weight is 349 g/mol. The lowest BCUT2D eigenvalue weighted by molar-refractivity contribution is -0.137. The summed E-state index contributed by atoms with van der Waals surface area (Å²) in [6.07, 6.45) is -3.16. The van der Waals surface area contributed by atoms with Crippen molar-refractivity contribution in [2.24, 2.45) is 7.05 Å². The number of nitrogens with zero attached hydrogens (tertiary/aromatic N) is 2. The molecule has 10 heteroatoms. The van der Waals surface area contributed by atoms with Gasteiger partial charge in [0.25, 0.3) is 10.0 Å². The molecule has 1 heterocycles. The van der Waals surface area contributed by atoms with E-state index in [-0.39, 0.29) is 17.1 Å². The second kappa shape index (κ2) is 6.30. The summed E-state index contributed by atoms with van der Waals surface area (Å²) in [7, 11) is -2.30. The van der Waals surface area contributed by atoms with Gasteiger partial charge in [-0.05, 0) is 17.7 Å². The summed E-state index contributed by atoms with van der Waals surface area (Å²) < 4.78 is 64.8. The first-order valence-electron chi connectivity index (χ1n) is 6.42. The van der Waals surface area contributed by atoms with Crippen molar-refractivity contribution in [3.8, 4) is 0 Å². The van der Waals surface area contributed by atoms with Crippen molar-refractivity contribution in [3.63, 3.8) is 0 Å². The Morgan fingerprint density at radius 2 is 1.91 bits per heavy atom. The molecule has 0 radical (unpaired) electrons. The van der Waals surface area contributed by atoms with E-state index in [1.165, 1.54) is 17.1 Å². The molecular weight excluding hydrogens is 335 g/mol. The summed E-state index contributed by atoms with van der Waals surface area (Å²) in [6, 6.07) is 3.85. The van der Waals surface area contributed by atoms with Crippen molar-refractivity contribution >= 4 is 10.0 Å². The van der Waals surface area contributed by atoms with Crippen LogP contribution in [0, 0.1) is 0 Å². The molecular formula is C13H14F3N3O3S. The van der Waals surface area contributed by atoms with Crippen molar-refractivity contribution in [1.82, 2.24) is 14.3 Å². The molecule has 0 saturated carbocycles. The fourth-order valence-electron chi connectivity index (χ4n) is 1.80. The fraction of sp³-hybridized carbons (Fsp3) is 0.308. The maximum atomic E-state index is 12.5. The number of benzene rings is 1. The van der Waals surface area contributed by atoms with Gasteiger partial charge >= 0.3 is 6.18 Å². The van der Waals surface area contributed by atoms with E-state index in [1.807, 2.05) is 0 Å². The molecule has 0 bridgehead atoms. The number of hydrogen-bond donors (Lipinski definition) is 2. The molecule has 23 heavy (non-hydrogen) atoms. The van der Waals surface area contributed by atoms with Crippen LogP contribution in [0.1, 0.15) is 17.2 Å². The Balaban J connectivity index is 2.03. The van der Waals surface area contributed by atoms with Gasteiger partial charge in [0.1, 0.15) is 0 Å². The van der Waals surface area contributed by atoms with Crippen molar-refractivity contribution in [3.05, 3.63) is 47.9 Å². The van der Waals surface area contributed by atoms with Gasteiger partial charge in [-0.2, -0.15) is 13.2 Å². The van der Waals surface area contributed by atoms with Gasteiger partial charge in [0, 0.05) is 19.8 Å². The predicted octanol–water partition coefficient (Wildman–Crippen LogP) is 1.45. The molecule has 0 saturated heterocycles. The summed E-state index contributed by atoms with van der Waals surface area (Å²) in [5.41, 5.74) is -0.677. The largest absolute Gasteiger partial charge is 0.416 e. The van der Waals surface area contributed by atoms with Crippen molar-refractivity contribution < 1.29 is 26.7 Å². The zero-order valence-corrected chi connectivity index (χ0v) is 12.8. The van der Waals surface area contributed by atoms with Crippen LogP contribution in [0.5, 0.6) is 0 Å². The third-order valence-electron chi connectivity index (χ3n) is 3.05. The summed E-state index contributed by atoms with van der Waals surface area (Å²) in [5, 5.41) is 9.69. The smallest absolute Gasteiger partial charge is 0.387 e. The number of aliphatic hydroxyl groups excluding tert-OH is 1. The Morgan fingerprint density at radius 3 is 2.39 bits per heavy atom. The van der Waals surface area contributed by atoms with Gasteiger partial charge in [-0.1, -0.05) is 12.1 Å². The molecule has 0 fully saturated rings. The molecule has 1 atom stereocenters. The van der Waals surface area contributed by atoms with Gasteiger partial charge in [-0.15, -0.1) is 0 Å². The predicted molar refractivity (Wildman–Crippen MR) is 74.8 cm³/mol. The van der Waals surface area contributed by atoms with Gasteiger partial charge in [0.05, 0.1) is 18.0 Å². The van der Waals surface area contributed by atoms with E-state index < -0.39 is 27.9 Å². The molecule has 6 nitrogen and oxygen atoms in total. The van der Waals surface area contributed by atoms with Gasteiger partial charge in [-0.3, -0.25) is 0 Å². The highest BCUT2D eigenvalue weighted by Crippen LogP contribution is 2.29. The quantitative estimate of drug-likeness (QED) is 0.856. The summed E-state index contributed by atoms with van der Waals surface area (Å²) in [6.45, 7) is -0.385. The number of rotatable bonds is 5. The van der Waals surface area contributed by atoms with E-state index in [4.69, 9.17) is 0 Å². The van der Waals surface area contributed by atoms with Crippen LogP contribution in [0.4, 0.5) is 13.2 Å². The lowest BCUT2D eigenvalue weighted by Crippen LogP contribution is -2.28. The molecule has 0 amide bonds. The molecule has 0 aliphatic carbocycles. The zero-order valence-electron chi connectivity index (χ0n) is 11.9. The highest BCUT2D eigenvalue weighted by Gasteiger charge is 2.30. The number of imidazole rings is 1. The van der Waals surface area contributed by atoms with Crippen LogP contribution in [0.3, 0.4) is 0 Å². The first-order chi connectivity index (χ1) is 10.6. The van der Waals surface area contributed by atoms with Crippen LogP contribution in [0.2, 0.25) is 0 Å². The third-order valence-corrected chi connectivity index (χ3v) is 4.35. The number of hydrogen-bond acceptors (Lipinski definition) is 4. The minimum Gasteiger partial charge on any atom is -0.387 e. The Morgan fingerprint density at radius 1 is 1.30 bits per heavy atom. The maximum Gasteiger partial charge on any atom is 0.416 e. The Bertz CT molecular complexity index is 770. The monoisotopic (exact) mass is 349 g/mol. The Labute approximate surface area is 130 Å². The van der Waals surface area contributed by atoms with Gasteiger partial charge in [0.15, 0.2) is 5.03 Å². The van der Waals surface area contributed by atoms with Crippen LogP contribution in [0.25, 0.3) is 0 Å². The van der Waals surface area contributed by atoms with Crippen LogP contribution in [0.15, 0.2) is 41.8 Å². The molecule has 2 rings (SSSR count). The van der Waals surface area contributed by atoms with E-state index in [1.54, 1.807) is 7.05 Å². The van der Waals surface area contributed by atoms with Crippen molar-refractivity contribution in [1.29, 1.82) is 0 Å². The first-order valence-corrected chi connectivity index (χ1v) is 7.91. The number of halogens is 3. The van der Waals surface area contributed by atoms with Crippen molar-refractivity contribution in [2.45, 2.75) is 17.3 Å². The third kappa shape index (κ3) is 4.30. The van der Waals surface area contributed by atoms with E-state index in [0.29, 0.717) is 0 Å². The van der Waals surface area contributed by atoms with Gasteiger partial charge in [0.2, 0.25) is 0 Å². The van der Waals surface area contributed by atoms with Crippen LogP contribution >= 0.6 is 0 Å². The molecule has 0 unspecified atom stereocenters. The lowest BCUT2D eigenvalue weighted by Gasteiger charge is -2.13. The molecule has 2 N–H and O–H groups in total. The standard InChI is InChI=1S/C13H14F3N3O3S/c1-19-7-12(17-8-19)23(21,22)18-6-11(20)9-2-4-10(5-3-9)13(14,15)16/h2-5,7-8,11,18,20H,6H2,1H3/t11-/m1/s1. The van der Waals surface area contributed by atoms with E-state index in [0.717, 1.165) is 24.3 Å². The zero-order chi connectivity index (χ0) is 17.3. The van der Waals surface area contributed by atoms with E-state index in [9.17, 15) is 26.7 Å². The second-order valence-corrected chi connectivity index (χ2v) is 6.58. The molecule has 2 aromatic rings. The molecule has 0 spiro atoms. The van der Waals surface area contributed by atoms with Crippen LogP contribution in [-0.2, 0) is 23.2 Å². The molecule has 1 aromatic heterocycles. The molecule has 0 aliphatic rings. The minimum atomic E-state index is -4.47. The summed E-state index contributed by atoms with van der Waals surface area (Å²) in [4.78, 5) is 3.68. The number of nitrogens with one attached hydrogen (secondary N) is 1. The normalized spacial score (nSPS) is 14.0. The number of aryl methyl sites for hydroxylation is 1. The minimum absolute atomic E-state index is 0.168. The second-order valence-electron chi connectivity index (χ2n) is 4.86. The number of aromatic nitrogens is 2. The highest BCUT2D eigenvalue weighted by atomic mass is 32.2. The van der Waals surface area contributed by atoms with E-state index in [2.05, 4.69) is 9.71 Å². The number of aliphatic hydroxyl groups is 1. The number of sulfonamides is 1. The molecule has 0 aliphatic heterocycles. The highest BCUT2D eigenvalue weighted by molar-refractivity contribution is 7.89. The summed E-state index contributed by atoms with van der Waals surface area (Å²) >= 11 is 0. The van der Waals surface area contributed by atoms with Gasteiger partial charge in [-0.25, -0.2) is 18.1 Å². The van der Waals surface area contributed by atoms with Crippen LogP contribution in [-0.4, -0.2) is 29.6 Å². The Kier molecular flexibility index (Phi) is 4.78. The maximum absolute atomic E-state index is 12.5. The fourth-order valence-corrected chi connectivity index (χ4v) is 2.82. The SMILES string of the molecule is Cn1cnc(S(=O)(=O)NC[C@@H](O)c2ccc(C(F)(F)F)cc2)c1. The van der Waals surface area contributed by atoms with Crippen LogP contribution < -0.4 is 4.72 Å². The summed E-state index contributed by atoms with van der Waals surface area (Å²) in [5.74, 6) is 0. The number of alkyl halides is 3. The average Bonchev–Trinajstić information content (AvgIpc) is 2.91. The molecule has 126 valence electrons. The first kappa shape index (κ1) is 17.4. The lowest BCUT2D eigenvalue weighted by atomic mass is 10.1. The van der Waals surface area contributed by atoms with Gasteiger partial charge < -0.3 is 9.67 Å². The topological polar surface area (TPSA) is 84.2 Å². The molecule has 1 aromatic carbocycles. The van der Waals surface area contributed by atoms with E-state index >= 15 is 0 Å². The van der Waals surface area contributed by atoms with Crippen molar-refractivity contribution in [2.75, 3.05) is 6.54 Å².